The summed E-state index contributed by atoms with van der Waals surface area (Å²) in [5.41, 5.74) is 3.52. The SMILES string of the molecule is Cc1ccc(S(=O)(=O)NNC(=O)c2nn(C)c(=O)c3ccccc23)cc1C. The summed E-state index contributed by atoms with van der Waals surface area (Å²) in [6, 6.07) is 11.2. The average molecular weight is 386 g/mol. The number of benzene rings is 2. The highest BCUT2D eigenvalue weighted by molar-refractivity contribution is 7.89. The van der Waals surface area contributed by atoms with E-state index in [9.17, 15) is 18.0 Å². The van der Waals surface area contributed by atoms with Gasteiger partial charge in [-0.1, -0.05) is 24.3 Å². The second-order valence-corrected chi connectivity index (χ2v) is 7.81. The lowest BCUT2D eigenvalue weighted by atomic mass is 10.1. The number of aryl methyl sites for hydroxylation is 3. The van der Waals surface area contributed by atoms with Gasteiger partial charge in [-0.3, -0.25) is 15.0 Å². The Morgan fingerprint density at radius 3 is 2.37 bits per heavy atom. The maximum absolute atomic E-state index is 12.5. The van der Waals surface area contributed by atoms with Crippen molar-refractivity contribution in [2.24, 2.45) is 7.05 Å². The Morgan fingerprint density at radius 1 is 1.04 bits per heavy atom. The van der Waals surface area contributed by atoms with Gasteiger partial charge < -0.3 is 0 Å². The lowest BCUT2D eigenvalue weighted by Crippen LogP contribution is -2.42. The van der Waals surface area contributed by atoms with Gasteiger partial charge in [0.15, 0.2) is 5.69 Å². The Kier molecular flexibility index (Phi) is 4.81. The second kappa shape index (κ2) is 6.93. The van der Waals surface area contributed by atoms with Crippen LogP contribution in [0.15, 0.2) is 52.2 Å². The van der Waals surface area contributed by atoms with Gasteiger partial charge in [0.05, 0.1) is 10.3 Å². The summed E-state index contributed by atoms with van der Waals surface area (Å²) in [5.74, 6) is -0.769. The number of carbonyl (C=O) groups is 1. The smallest absolute Gasteiger partial charge is 0.272 e. The lowest BCUT2D eigenvalue weighted by molar-refractivity contribution is 0.0940. The zero-order valence-electron chi connectivity index (χ0n) is 15.0. The molecular weight excluding hydrogens is 368 g/mol. The molecule has 140 valence electrons. The van der Waals surface area contributed by atoms with Crippen molar-refractivity contribution in [3.63, 3.8) is 0 Å². The molecular formula is C18H18N4O4S. The molecule has 1 heterocycles. The molecule has 8 nitrogen and oxygen atoms in total. The summed E-state index contributed by atoms with van der Waals surface area (Å²) >= 11 is 0. The van der Waals surface area contributed by atoms with Crippen molar-refractivity contribution in [1.82, 2.24) is 20.0 Å². The van der Waals surface area contributed by atoms with Crippen LogP contribution in [0.4, 0.5) is 0 Å². The number of hydrazine groups is 1. The third-order valence-corrected chi connectivity index (χ3v) is 5.50. The molecule has 0 aliphatic heterocycles. The standard InChI is InChI=1S/C18H18N4O4S/c1-11-8-9-13(10-12(11)2)27(25,26)21-19-17(23)16-14-6-4-5-7-15(14)18(24)22(3)20-16/h4-10,21H,1-3H3,(H,19,23). The monoisotopic (exact) mass is 386 g/mol. The van der Waals surface area contributed by atoms with Gasteiger partial charge in [0.1, 0.15) is 0 Å². The molecule has 0 atom stereocenters. The molecule has 0 spiro atoms. The maximum Gasteiger partial charge on any atom is 0.287 e. The molecule has 27 heavy (non-hydrogen) atoms. The molecule has 0 fully saturated rings. The number of nitrogens with one attached hydrogen (secondary N) is 2. The first kappa shape index (κ1) is 18.7. The van der Waals surface area contributed by atoms with Gasteiger partial charge in [0.25, 0.3) is 21.5 Å². The molecule has 1 amide bonds. The topological polar surface area (TPSA) is 110 Å². The van der Waals surface area contributed by atoms with E-state index in [1.54, 1.807) is 37.3 Å². The van der Waals surface area contributed by atoms with E-state index in [4.69, 9.17) is 0 Å². The van der Waals surface area contributed by atoms with Crippen LogP contribution in [0.1, 0.15) is 21.6 Å². The minimum absolute atomic E-state index is 0.0316. The summed E-state index contributed by atoms with van der Waals surface area (Å²) in [6.07, 6.45) is 0. The molecule has 3 rings (SSSR count). The Morgan fingerprint density at radius 2 is 1.70 bits per heavy atom. The largest absolute Gasteiger partial charge is 0.287 e. The fourth-order valence-corrected chi connectivity index (χ4v) is 3.50. The highest BCUT2D eigenvalue weighted by Crippen LogP contribution is 2.15. The zero-order valence-corrected chi connectivity index (χ0v) is 15.8. The normalized spacial score (nSPS) is 11.5. The van der Waals surface area contributed by atoms with Crippen LogP contribution in [0, 0.1) is 13.8 Å². The fraction of sp³-hybridized carbons (Fsp3) is 0.167. The number of fused-ring (bicyclic) bond motifs is 1. The van der Waals surface area contributed by atoms with Crippen LogP contribution in [-0.4, -0.2) is 24.1 Å². The minimum atomic E-state index is -3.95. The summed E-state index contributed by atoms with van der Waals surface area (Å²) in [7, 11) is -2.53. The minimum Gasteiger partial charge on any atom is -0.272 e. The predicted octanol–water partition coefficient (Wildman–Crippen LogP) is 1.17. The number of rotatable bonds is 4. The Hall–Kier alpha value is -3.04. The molecule has 0 bridgehead atoms. The van der Waals surface area contributed by atoms with Gasteiger partial charge >= 0.3 is 0 Å². The van der Waals surface area contributed by atoms with Crippen molar-refractivity contribution >= 4 is 26.7 Å². The van der Waals surface area contributed by atoms with Crippen LogP contribution in [0.5, 0.6) is 0 Å². The van der Waals surface area contributed by atoms with Gasteiger partial charge in [0, 0.05) is 12.4 Å². The summed E-state index contributed by atoms with van der Waals surface area (Å²) in [4.78, 5) is 26.7. The first-order chi connectivity index (χ1) is 12.7. The van der Waals surface area contributed by atoms with Crippen molar-refractivity contribution in [3.05, 3.63) is 69.6 Å². The lowest BCUT2D eigenvalue weighted by Gasteiger charge is -2.11. The van der Waals surface area contributed by atoms with Crippen LogP contribution in [0.3, 0.4) is 0 Å². The average Bonchev–Trinajstić information content (AvgIpc) is 2.65. The summed E-state index contributed by atoms with van der Waals surface area (Å²) in [5, 5.41) is 4.61. The van der Waals surface area contributed by atoms with E-state index >= 15 is 0 Å². The highest BCUT2D eigenvalue weighted by atomic mass is 32.2. The first-order valence-electron chi connectivity index (χ1n) is 8.06. The zero-order chi connectivity index (χ0) is 19.8. The first-order valence-corrected chi connectivity index (χ1v) is 9.54. The third kappa shape index (κ3) is 3.60. The molecule has 0 saturated heterocycles. The molecule has 1 aromatic heterocycles. The van der Waals surface area contributed by atoms with Crippen LogP contribution in [-0.2, 0) is 17.1 Å². The van der Waals surface area contributed by atoms with Crippen molar-refractivity contribution < 1.29 is 13.2 Å². The summed E-state index contributed by atoms with van der Waals surface area (Å²) < 4.78 is 25.9. The van der Waals surface area contributed by atoms with E-state index in [-0.39, 0.29) is 16.1 Å². The Labute approximate surface area is 155 Å². The highest BCUT2D eigenvalue weighted by Gasteiger charge is 2.19. The van der Waals surface area contributed by atoms with E-state index < -0.39 is 15.9 Å². The molecule has 0 unspecified atom stereocenters. The van der Waals surface area contributed by atoms with E-state index in [0.29, 0.717) is 10.8 Å². The number of aromatic nitrogens is 2. The van der Waals surface area contributed by atoms with Gasteiger partial charge in [-0.05, 0) is 43.2 Å². The van der Waals surface area contributed by atoms with Gasteiger partial charge in [-0.25, -0.2) is 13.1 Å². The molecule has 9 heteroatoms. The number of hydrogen-bond acceptors (Lipinski definition) is 5. The Bertz CT molecular complexity index is 1220. The molecule has 2 aromatic carbocycles. The number of sulfonamides is 1. The van der Waals surface area contributed by atoms with Gasteiger partial charge in [-0.15, -0.1) is 4.83 Å². The van der Waals surface area contributed by atoms with Crippen molar-refractivity contribution in [3.8, 4) is 0 Å². The Balaban J connectivity index is 1.90. The van der Waals surface area contributed by atoms with E-state index in [2.05, 4.69) is 15.4 Å². The van der Waals surface area contributed by atoms with Crippen LogP contribution < -0.4 is 15.8 Å². The van der Waals surface area contributed by atoms with Crippen LogP contribution in [0.25, 0.3) is 10.8 Å². The van der Waals surface area contributed by atoms with Crippen LogP contribution >= 0.6 is 0 Å². The number of nitrogens with zero attached hydrogens (tertiary/aromatic N) is 2. The molecule has 0 saturated carbocycles. The van der Waals surface area contributed by atoms with E-state index in [1.165, 1.54) is 19.2 Å². The molecule has 0 aliphatic rings. The molecule has 2 N–H and O–H groups in total. The summed E-state index contributed by atoms with van der Waals surface area (Å²) in [6.45, 7) is 3.67. The van der Waals surface area contributed by atoms with Crippen LogP contribution in [0.2, 0.25) is 0 Å². The maximum atomic E-state index is 12.5. The quantitative estimate of drug-likeness (QED) is 0.654. The van der Waals surface area contributed by atoms with Crippen molar-refractivity contribution in [2.45, 2.75) is 18.7 Å². The molecule has 0 aliphatic carbocycles. The predicted molar refractivity (Wildman–Crippen MR) is 101 cm³/mol. The van der Waals surface area contributed by atoms with Gasteiger partial charge in [0.2, 0.25) is 0 Å². The third-order valence-electron chi connectivity index (χ3n) is 4.26. The van der Waals surface area contributed by atoms with E-state index in [1.807, 2.05) is 6.92 Å². The second-order valence-electron chi connectivity index (χ2n) is 6.13. The molecule has 0 radical (unpaired) electrons. The number of carbonyl (C=O) groups excluding carboxylic acids is 1. The number of amides is 1. The number of hydrogen-bond donors (Lipinski definition) is 2. The van der Waals surface area contributed by atoms with Gasteiger partial charge in [-0.2, -0.15) is 5.10 Å². The van der Waals surface area contributed by atoms with E-state index in [0.717, 1.165) is 15.8 Å². The fourth-order valence-electron chi connectivity index (χ4n) is 2.58. The molecule has 3 aromatic rings. The van der Waals surface area contributed by atoms with Crippen molar-refractivity contribution in [1.29, 1.82) is 0 Å². The van der Waals surface area contributed by atoms with Crippen molar-refractivity contribution in [2.75, 3.05) is 0 Å².